The van der Waals surface area contributed by atoms with Gasteiger partial charge in [-0.1, -0.05) is 55.5 Å². The van der Waals surface area contributed by atoms with Crippen molar-refractivity contribution in [1.82, 2.24) is 30.1 Å². The maximum atomic E-state index is 13.2. The van der Waals surface area contributed by atoms with E-state index in [-0.39, 0.29) is 18.4 Å². The number of ether oxygens (including phenoxy) is 2. The van der Waals surface area contributed by atoms with Crippen LogP contribution in [-0.2, 0) is 19.6 Å². The second-order valence-corrected chi connectivity index (χ2v) is 9.91. The standard InChI is InChI=1S/C30H30N6O3/c1-3-26(29-32-33-34-36(29)17-21-7-5-4-6-8-21)35(16-22-10-12-27-28(14-22)39-19-38-27)18-24-15-23-11-9-20(2)13-25(23)31-30(24)37/h4-15,26H,3,16-19H2,1-2H3,(H,31,37)/t26-/m0/s1. The van der Waals surface area contributed by atoms with Crippen LogP contribution < -0.4 is 15.0 Å². The topological polar surface area (TPSA) is 98.2 Å². The summed E-state index contributed by atoms with van der Waals surface area (Å²) in [6.07, 6.45) is 0.754. The summed E-state index contributed by atoms with van der Waals surface area (Å²) >= 11 is 0. The highest BCUT2D eigenvalue weighted by molar-refractivity contribution is 5.79. The number of H-pyrrole nitrogens is 1. The van der Waals surface area contributed by atoms with Crippen molar-refractivity contribution in [3.63, 3.8) is 0 Å². The highest BCUT2D eigenvalue weighted by atomic mass is 16.7. The number of nitrogens with one attached hydrogen (secondary N) is 1. The van der Waals surface area contributed by atoms with Gasteiger partial charge in [0.1, 0.15) is 0 Å². The smallest absolute Gasteiger partial charge is 0.252 e. The average Bonchev–Trinajstić information content (AvgIpc) is 3.60. The third-order valence-electron chi connectivity index (χ3n) is 7.13. The largest absolute Gasteiger partial charge is 0.454 e. The van der Waals surface area contributed by atoms with Gasteiger partial charge in [-0.15, -0.1) is 5.10 Å². The SMILES string of the molecule is CC[C@@H](c1nnnn1Cc1ccccc1)N(Cc1ccc2c(c1)OCO2)Cc1cc2ccc(C)cc2[nH]c1=O. The molecule has 0 saturated carbocycles. The summed E-state index contributed by atoms with van der Waals surface area (Å²) < 4.78 is 13.0. The molecule has 0 saturated heterocycles. The minimum atomic E-state index is -0.137. The molecule has 1 aliphatic heterocycles. The number of hydrogen-bond donors (Lipinski definition) is 1. The normalized spacial score (nSPS) is 13.3. The van der Waals surface area contributed by atoms with Crippen LogP contribution in [0.25, 0.3) is 10.9 Å². The predicted molar refractivity (Wildman–Crippen MR) is 148 cm³/mol. The fraction of sp³-hybridized carbons (Fsp3) is 0.267. The minimum Gasteiger partial charge on any atom is -0.454 e. The molecular weight excluding hydrogens is 492 g/mol. The van der Waals surface area contributed by atoms with Crippen LogP contribution in [0, 0.1) is 6.92 Å². The van der Waals surface area contributed by atoms with Crippen LogP contribution in [0.2, 0.25) is 0 Å². The Labute approximate surface area is 226 Å². The molecule has 1 atom stereocenters. The summed E-state index contributed by atoms with van der Waals surface area (Å²) in [6, 6.07) is 24.1. The molecule has 2 aromatic heterocycles. The lowest BCUT2D eigenvalue weighted by Gasteiger charge is -2.30. The number of rotatable bonds is 9. The molecular formula is C30H30N6O3. The Bertz CT molecular complexity index is 1660. The number of aryl methyl sites for hydroxylation is 1. The Kier molecular flexibility index (Phi) is 6.81. The zero-order chi connectivity index (χ0) is 26.8. The molecule has 198 valence electrons. The Hall–Kier alpha value is -4.50. The minimum absolute atomic E-state index is 0.0949. The highest BCUT2D eigenvalue weighted by Crippen LogP contribution is 2.34. The number of nitrogens with zero attached hydrogens (tertiary/aromatic N) is 5. The van der Waals surface area contributed by atoms with Gasteiger partial charge in [-0.05, 0) is 70.1 Å². The number of benzene rings is 3. The highest BCUT2D eigenvalue weighted by Gasteiger charge is 2.27. The first-order chi connectivity index (χ1) is 19.1. The molecule has 9 nitrogen and oxygen atoms in total. The second kappa shape index (κ2) is 10.7. The molecule has 0 spiro atoms. The Balaban J connectivity index is 1.37. The van der Waals surface area contributed by atoms with E-state index in [1.54, 1.807) is 0 Å². The van der Waals surface area contributed by atoms with Crippen LogP contribution in [0.15, 0.2) is 77.6 Å². The third-order valence-corrected chi connectivity index (χ3v) is 7.13. The maximum absolute atomic E-state index is 13.2. The van der Waals surface area contributed by atoms with Gasteiger partial charge >= 0.3 is 0 Å². The van der Waals surface area contributed by atoms with Crippen LogP contribution >= 0.6 is 0 Å². The molecule has 5 aromatic rings. The molecule has 3 heterocycles. The van der Waals surface area contributed by atoms with Gasteiger partial charge in [0.05, 0.1) is 12.6 Å². The number of pyridine rings is 1. The van der Waals surface area contributed by atoms with Gasteiger partial charge in [0.15, 0.2) is 17.3 Å². The number of aromatic amines is 1. The average molecular weight is 523 g/mol. The lowest BCUT2D eigenvalue weighted by atomic mass is 10.1. The Morgan fingerprint density at radius 2 is 1.82 bits per heavy atom. The van der Waals surface area contributed by atoms with Gasteiger partial charge in [0, 0.05) is 24.2 Å². The summed E-state index contributed by atoms with van der Waals surface area (Å²) in [5.74, 6) is 2.23. The Morgan fingerprint density at radius 3 is 2.67 bits per heavy atom. The lowest BCUT2D eigenvalue weighted by molar-refractivity contribution is 0.161. The Morgan fingerprint density at radius 1 is 0.974 bits per heavy atom. The van der Waals surface area contributed by atoms with E-state index in [0.29, 0.717) is 25.2 Å². The molecule has 39 heavy (non-hydrogen) atoms. The molecule has 1 N–H and O–H groups in total. The van der Waals surface area contributed by atoms with Crippen LogP contribution in [0.3, 0.4) is 0 Å². The monoisotopic (exact) mass is 522 g/mol. The second-order valence-electron chi connectivity index (χ2n) is 9.91. The van der Waals surface area contributed by atoms with E-state index in [9.17, 15) is 4.79 Å². The summed E-state index contributed by atoms with van der Waals surface area (Å²) in [5, 5.41) is 13.8. The van der Waals surface area contributed by atoms with E-state index in [2.05, 4.69) is 50.5 Å². The molecule has 0 radical (unpaired) electrons. The fourth-order valence-electron chi connectivity index (χ4n) is 5.17. The van der Waals surface area contributed by atoms with E-state index in [1.165, 1.54) is 0 Å². The molecule has 0 aliphatic carbocycles. The predicted octanol–water partition coefficient (Wildman–Crippen LogP) is 4.75. The number of aromatic nitrogens is 5. The van der Waals surface area contributed by atoms with Gasteiger partial charge in [0.2, 0.25) is 6.79 Å². The fourth-order valence-corrected chi connectivity index (χ4v) is 5.17. The molecule has 1 aliphatic rings. The first-order valence-electron chi connectivity index (χ1n) is 13.1. The van der Waals surface area contributed by atoms with Crippen molar-refractivity contribution in [3.05, 3.63) is 111 Å². The molecule has 3 aromatic carbocycles. The lowest BCUT2D eigenvalue weighted by Crippen LogP contribution is -2.32. The van der Waals surface area contributed by atoms with Gasteiger partial charge in [-0.2, -0.15) is 0 Å². The summed E-state index contributed by atoms with van der Waals surface area (Å²) in [6.45, 7) is 5.91. The van der Waals surface area contributed by atoms with Gasteiger partial charge in [-0.3, -0.25) is 9.69 Å². The molecule has 9 heteroatoms. The van der Waals surface area contributed by atoms with E-state index in [1.807, 2.05) is 66.2 Å². The zero-order valence-corrected chi connectivity index (χ0v) is 22.0. The van der Waals surface area contributed by atoms with Crippen molar-refractivity contribution in [2.75, 3.05) is 6.79 Å². The molecule has 0 bridgehead atoms. The third kappa shape index (κ3) is 5.26. The number of tetrazole rings is 1. The van der Waals surface area contributed by atoms with Gasteiger partial charge < -0.3 is 14.5 Å². The first kappa shape index (κ1) is 24.8. The van der Waals surface area contributed by atoms with Crippen LogP contribution in [-0.4, -0.2) is 36.9 Å². The van der Waals surface area contributed by atoms with E-state index in [4.69, 9.17) is 9.47 Å². The van der Waals surface area contributed by atoms with E-state index in [0.717, 1.165) is 51.3 Å². The van der Waals surface area contributed by atoms with Crippen LogP contribution in [0.5, 0.6) is 11.5 Å². The summed E-state index contributed by atoms with van der Waals surface area (Å²) in [5.41, 5.74) is 4.70. The maximum Gasteiger partial charge on any atom is 0.252 e. The van der Waals surface area contributed by atoms with Crippen molar-refractivity contribution in [2.45, 2.75) is 45.9 Å². The quantitative estimate of drug-likeness (QED) is 0.298. The van der Waals surface area contributed by atoms with Crippen molar-refractivity contribution < 1.29 is 9.47 Å². The van der Waals surface area contributed by atoms with Crippen LogP contribution in [0.1, 0.15) is 47.5 Å². The van der Waals surface area contributed by atoms with Gasteiger partial charge in [-0.25, -0.2) is 4.68 Å². The molecule has 0 amide bonds. The zero-order valence-electron chi connectivity index (χ0n) is 22.0. The number of hydrogen-bond acceptors (Lipinski definition) is 7. The van der Waals surface area contributed by atoms with Crippen molar-refractivity contribution in [1.29, 1.82) is 0 Å². The number of fused-ring (bicyclic) bond motifs is 2. The van der Waals surface area contributed by atoms with Crippen molar-refractivity contribution in [3.8, 4) is 11.5 Å². The summed E-state index contributed by atoms with van der Waals surface area (Å²) in [7, 11) is 0. The van der Waals surface area contributed by atoms with E-state index >= 15 is 0 Å². The first-order valence-corrected chi connectivity index (χ1v) is 13.1. The summed E-state index contributed by atoms with van der Waals surface area (Å²) in [4.78, 5) is 18.6. The molecule has 6 rings (SSSR count). The van der Waals surface area contributed by atoms with Gasteiger partial charge in [0.25, 0.3) is 5.56 Å². The van der Waals surface area contributed by atoms with Crippen LogP contribution in [0.4, 0.5) is 0 Å². The molecule has 0 fully saturated rings. The van der Waals surface area contributed by atoms with Crippen molar-refractivity contribution in [2.24, 2.45) is 0 Å². The molecule has 0 unspecified atom stereocenters. The van der Waals surface area contributed by atoms with E-state index < -0.39 is 0 Å². The van der Waals surface area contributed by atoms with Crippen molar-refractivity contribution >= 4 is 10.9 Å².